The van der Waals surface area contributed by atoms with Gasteiger partial charge in [0.2, 0.25) is 0 Å². The van der Waals surface area contributed by atoms with Crippen LogP contribution in [-0.4, -0.2) is 19.9 Å². The first-order valence-corrected chi connectivity index (χ1v) is 3.06. The molecule has 8 heavy (non-hydrogen) atoms. The number of amides is 4. The molecule has 4 amide bonds. The zero-order valence-corrected chi connectivity index (χ0v) is 6.64. The molecule has 0 unspecified atom stereocenters. The van der Waals surface area contributed by atoms with E-state index in [4.69, 9.17) is 0 Å². The maximum atomic E-state index is 10.3. The first-order chi connectivity index (χ1) is 3.64. The highest BCUT2D eigenvalue weighted by Crippen LogP contribution is 2.22. The Morgan fingerprint density at radius 2 is 1.25 bits per heavy atom. The number of urea groups is 2. The van der Waals surface area contributed by atoms with Crippen molar-refractivity contribution in [3.05, 3.63) is 0 Å². The van der Waals surface area contributed by atoms with Gasteiger partial charge in [-0.15, -0.1) is 0 Å². The number of nitrogens with zero attached hydrogens (tertiary/aromatic N) is 2. The van der Waals surface area contributed by atoms with Gasteiger partial charge in [-0.2, -0.15) is 7.85 Å². The standard InChI is InChI=1S/C2Br2N2O2/c3-5-1(7)6(4)2(5)8. The second kappa shape index (κ2) is 1.70. The monoisotopic (exact) mass is 242 g/mol. The average Bonchev–Trinajstić information content (AvgIpc) is 1.83. The molecule has 0 bridgehead atoms. The van der Waals surface area contributed by atoms with Crippen molar-refractivity contribution in [3.8, 4) is 0 Å². The molecular formula is C2Br2N2O2. The van der Waals surface area contributed by atoms with Gasteiger partial charge >= 0.3 is 12.1 Å². The lowest BCUT2D eigenvalue weighted by molar-refractivity contribution is 0.170. The summed E-state index contributed by atoms with van der Waals surface area (Å²) >= 11 is 5.39. The van der Waals surface area contributed by atoms with Crippen LogP contribution in [0.5, 0.6) is 0 Å². The van der Waals surface area contributed by atoms with Crippen LogP contribution in [-0.2, 0) is 0 Å². The van der Waals surface area contributed by atoms with Crippen molar-refractivity contribution in [1.82, 2.24) is 7.85 Å². The van der Waals surface area contributed by atoms with Gasteiger partial charge in [-0.05, 0) is 0 Å². The van der Waals surface area contributed by atoms with Crippen LogP contribution >= 0.6 is 32.3 Å². The molecule has 1 fully saturated rings. The number of carbonyl (C=O) groups excluding carboxylic acids is 2. The summed E-state index contributed by atoms with van der Waals surface area (Å²) in [6.45, 7) is 0. The maximum Gasteiger partial charge on any atom is 0.357 e. The molecule has 0 saturated carbocycles. The maximum absolute atomic E-state index is 10.3. The summed E-state index contributed by atoms with van der Waals surface area (Å²) in [6, 6.07) is -0.815. The van der Waals surface area contributed by atoms with Crippen molar-refractivity contribution in [2.24, 2.45) is 0 Å². The lowest BCUT2D eigenvalue weighted by atomic mass is 10.7. The van der Waals surface area contributed by atoms with Crippen LogP contribution in [0.15, 0.2) is 0 Å². The van der Waals surface area contributed by atoms with Crippen molar-refractivity contribution in [2.75, 3.05) is 0 Å². The number of hydrogen-bond donors (Lipinski definition) is 0. The SMILES string of the molecule is O=C1N(Br)C(=O)N1Br. The minimum absolute atomic E-state index is 0.407. The molecule has 0 aromatic carbocycles. The van der Waals surface area contributed by atoms with E-state index in [0.29, 0.717) is 0 Å². The average molecular weight is 244 g/mol. The molecule has 1 rings (SSSR count). The number of hydrogen-bond acceptors (Lipinski definition) is 2. The van der Waals surface area contributed by atoms with Crippen LogP contribution in [0, 0.1) is 0 Å². The van der Waals surface area contributed by atoms with Gasteiger partial charge in [-0.25, -0.2) is 9.59 Å². The van der Waals surface area contributed by atoms with E-state index in [1.165, 1.54) is 0 Å². The van der Waals surface area contributed by atoms with Crippen LogP contribution in [0.4, 0.5) is 9.59 Å². The van der Waals surface area contributed by atoms with Gasteiger partial charge in [0.05, 0.1) is 32.3 Å². The van der Waals surface area contributed by atoms with Crippen molar-refractivity contribution in [2.45, 2.75) is 0 Å². The van der Waals surface area contributed by atoms with Gasteiger partial charge in [-0.1, -0.05) is 0 Å². The molecule has 1 saturated heterocycles. The normalized spacial score (nSPS) is 19.2. The Balaban J connectivity index is 2.68. The zero-order valence-electron chi connectivity index (χ0n) is 3.47. The third-order valence-electron chi connectivity index (χ3n) is 0.672. The van der Waals surface area contributed by atoms with E-state index in [1.54, 1.807) is 0 Å². The molecule has 0 aromatic rings. The van der Waals surface area contributed by atoms with Crippen LogP contribution in [0.1, 0.15) is 0 Å². The second-order valence-electron chi connectivity index (χ2n) is 1.13. The summed E-state index contributed by atoms with van der Waals surface area (Å²) in [5.74, 6) is 0. The molecule has 44 valence electrons. The largest absolute Gasteiger partial charge is 0.357 e. The number of carbonyl (C=O) groups is 2. The predicted molar refractivity (Wildman–Crippen MR) is 32.3 cm³/mol. The first-order valence-electron chi connectivity index (χ1n) is 1.64. The molecule has 0 N–H and O–H groups in total. The topological polar surface area (TPSA) is 40.6 Å². The molecule has 1 aliphatic rings. The first kappa shape index (κ1) is 6.03. The van der Waals surface area contributed by atoms with E-state index >= 15 is 0 Å². The summed E-state index contributed by atoms with van der Waals surface area (Å²) in [4.78, 5) is 20.6. The summed E-state index contributed by atoms with van der Waals surface area (Å²) in [5, 5.41) is 0. The number of imide groups is 2. The summed E-state index contributed by atoms with van der Waals surface area (Å²) < 4.78 is 1.64. The van der Waals surface area contributed by atoms with Crippen LogP contribution in [0.2, 0.25) is 0 Å². The molecule has 0 atom stereocenters. The lowest BCUT2D eigenvalue weighted by Crippen LogP contribution is -2.53. The minimum atomic E-state index is -0.407. The van der Waals surface area contributed by atoms with Crippen LogP contribution in [0.25, 0.3) is 0 Å². The molecule has 0 spiro atoms. The number of halogens is 2. The molecule has 0 radical (unpaired) electrons. The summed E-state index contributed by atoms with van der Waals surface area (Å²) in [6.07, 6.45) is 0. The Kier molecular flexibility index (Phi) is 1.28. The van der Waals surface area contributed by atoms with E-state index in [-0.39, 0.29) is 0 Å². The van der Waals surface area contributed by atoms with Gasteiger partial charge in [0, 0.05) is 0 Å². The van der Waals surface area contributed by atoms with Crippen molar-refractivity contribution >= 4 is 44.4 Å². The van der Waals surface area contributed by atoms with Crippen LogP contribution in [0.3, 0.4) is 0 Å². The minimum Gasteiger partial charge on any atom is -0.245 e. The fraction of sp³-hybridized carbons (Fsp3) is 0. The molecule has 4 nitrogen and oxygen atoms in total. The van der Waals surface area contributed by atoms with E-state index in [2.05, 4.69) is 32.3 Å². The summed E-state index contributed by atoms with van der Waals surface area (Å²) in [5.41, 5.74) is 0. The highest BCUT2D eigenvalue weighted by molar-refractivity contribution is 9.09. The van der Waals surface area contributed by atoms with Crippen molar-refractivity contribution < 1.29 is 9.59 Å². The summed E-state index contributed by atoms with van der Waals surface area (Å²) in [7, 11) is 0. The van der Waals surface area contributed by atoms with Gasteiger partial charge in [0.1, 0.15) is 0 Å². The van der Waals surface area contributed by atoms with Gasteiger partial charge in [0.15, 0.2) is 0 Å². The Morgan fingerprint density at radius 1 is 1.00 bits per heavy atom. The van der Waals surface area contributed by atoms with Gasteiger partial charge < -0.3 is 0 Å². The van der Waals surface area contributed by atoms with E-state index in [9.17, 15) is 9.59 Å². The molecular weight excluding hydrogens is 244 g/mol. The third kappa shape index (κ3) is 0.560. The fourth-order valence-corrected chi connectivity index (χ4v) is 1.33. The molecule has 0 aromatic heterocycles. The van der Waals surface area contributed by atoms with E-state index < -0.39 is 12.1 Å². The van der Waals surface area contributed by atoms with Crippen molar-refractivity contribution in [1.29, 1.82) is 0 Å². The Morgan fingerprint density at radius 3 is 1.38 bits per heavy atom. The van der Waals surface area contributed by atoms with Crippen LogP contribution < -0.4 is 0 Å². The van der Waals surface area contributed by atoms with E-state index in [1.807, 2.05) is 0 Å². The number of rotatable bonds is 0. The highest BCUT2D eigenvalue weighted by Gasteiger charge is 2.41. The zero-order chi connectivity index (χ0) is 6.31. The van der Waals surface area contributed by atoms with Gasteiger partial charge in [-0.3, -0.25) is 0 Å². The lowest BCUT2D eigenvalue weighted by Gasteiger charge is -2.28. The molecule has 1 aliphatic heterocycles. The Hall–Kier alpha value is -0.100. The van der Waals surface area contributed by atoms with Crippen molar-refractivity contribution in [3.63, 3.8) is 0 Å². The Labute approximate surface area is 62.1 Å². The molecule has 0 aliphatic carbocycles. The van der Waals surface area contributed by atoms with E-state index in [0.717, 1.165) is 7.85 Å². The fourth-order valence-electron chi connectivity index (χ4n) is 0.273. The third-order valence-corrected chi connectivity index (χ3v) is 1.89. The van der Waals surface area contributed by atoms with Gasteiger partial charge in [0.25, 0.3) is 0 Å². The predicted octanol–water partition coefficient (Wildman–Crippen LogP) is 1.46. The Bertz CT molecular complexity index is 128. The second-order valence-corrected chi connectivity index (χ2v) is 2.55. The highest BCUT2D eigenvalue weighted by atomic mass is 79.9. The quantitative estimate of drug-likeness (QED) is 0.605. The smallest absolute Gasteiger partial charge is 0.245 e. The molecule has 6 heteroatoms. The molecule has 1 heterocycles.